The van der Waals surface area contributed by atoms with E-state index in [2.05, 4.69) is 0 Å². The maximum absolute atomic E-state index is 8.74. The Morgan fingerprint density at radius 3 is 1.33 bits per heavy atom. The van der Waals surface area contributed by atoms with Crippen LogP contribution >= 0.6 is 0 Å². The van der Waals surface area contributed by atoms with Gasteiger partial charge in [0.15, 0.2) is 0 Å². The number of hydrogen-bond acceptors (Lipinski definition) is 1. The van der Waals surface area contributed by atoms with E-state index in [4.69, 9.17) is 14.1 Å². The van der Waals surface area contributed by atoms with Crippen molar-refractivity contribution in [2.45, 2.75) is 0 Å². The summed E-state index contributed by atoms with van der Waals surface area (Å²) in [6.07, 6.45) is 0. The van der Waals surface area contributed by atoms with E-state index in [9.17, 15) is 0 Å². The van der Waals surface area contributed by atoms with E-state index in [1.165, 1.54) is 0 Å². The van der Waals surface area contributed by atoms with Crippen molar-refractivity contribution in [2.24, 2.45) is 0 Å². The van der Waals surface area contributed by atoms with Crippen LogP contribution in [0.25, 0.3) is 0 Å². The molecule has 0 fully saturated rings. The minimum absolute atomic E-state index is 0. The van der Waals surface area contributed by atoms with Gasteiger partial charge in [0.25, 0.3) is 0 Å². The van der Waals surface area contributed by atoms with Crippen molar-refractivity contribution in [3.05, 3.63) is 0 Å². The first-order valence-corrected chi connectivity index (χ1v) is 1.95. The van der Waals surface area contributed by atoms with Crippen molar-refractivity contribution < 1.29 is 19.5 Å². The topological polar surface area (TPSA) is 89.0 Å². The van der Waals surface area contributed by atoms with E-state index >= 15 is 0 Å². The number of hydrogen-bond donors (Lipinski definition) is 2. The van der Waals surface area contributed by atoms with Crippen LogP contribution in [0, 0.1) is 0 Å². The van der Waals surface area contributed by atoms with Crippen molar-refractivity contribution in [1.82, 2.24) is 0 Å². The van der Waals surface area contributed by atoms with E-state index in [1.54, 1.807) is 0 Å². The molecule has 0 amide bonds. The third kappa shape index (κ3) is 176. The van der Waals surface area contributed by atoms with Gasteiger partial charge in [-0.2, -0.15) is 0 Å². The Bertz CT molecular complexity index is 30.5. The van der Waals surface area contributed by atoms with E-state index in [0.29, 0.717) is 0 Å². The quantitative estimate of drug-likeness (QED) is 0.332. The molecule has 4 N–H and O–H groups in total. The standard InChI is InChI=1S/Na.H2O3Si.H2O.H/c;1-4(2)3;;/h;1-2H;1H2;. The molecule has 0 rings (SSSR count). The second-order valence-electron chi connectivity index (χ2n) is 0.283. The first-order valence-electron chi connectivity index (χ1n) is 0.651. The first-order chi connectivity index (χ1) is 1.73. The zero-order valence-electron chi connectivity index (χ0n) is 2.30. The van der Waals surface area contributed by atoms with Crippen LogP contribution < -0.4 is 0 Å². The predicted molar refractivity (Wildman–Crippen MR) is 21.6 cm³/mol. The van der Waals surface area contributed by atoms with Gasteiger partial charge < -0.3 is 15.1 Å². The normalized spacial score (nSPS) is 4.00. The molecule has 0 bridgehead atoms. The van der Waals surface area contributed by atoms with Crippen molar-refractivity contribution in [3.8, 4) is 0 Å². The van der Waals surface area contributed by atoms with Crippen LogP contribution in [0.1, 0.15) is 0 Å². The van der Waals surface area contributed by atoms with Gasteiger partial charge >= 0.3 is 38.7 Å². The van der Waals surface area contributed by atoms with Gasteiger partial charge in [-0.05, 0) is 0 Å². The summed E-state index contributed by atoms with van der Waals surface area (Å²) in [6, 6.07) is 0. The van der Waals surface area contributed by atoms with Gasteiger partial charge in [-0.1, -0.05) is 0 Å². The Hall–Kier alpha value is 0.577. The van der Waals surface area contributed by atoms with Crippen molar-refractivity contribution in [1.29, 1.82) is 0 Å². The second kappa shape index (κ2) is 9.13. The first kappa shape index (κ1) is 16.0. The van der Waals surface area contributed by atoms with E-state index in [1.807, 2.05) is 0 Å². The summed E-state index contributed by atoms with van der Waals surface area (Å²) >= 11 is 0. The summed E-state index contributed by atoms with van der Waals surface area (Å²) in [5.74, 6) is 0. The second-order valence-corrected chi connectivity index (χ2v) is 0.848. The van der Waals surface area contributed by atoms with E-state index < -0.39 is 9.17 Å². The van der Waals surface area contributed by atoms with Gasteiger partial charge in [-0.3, -0.25) is 4.46 Å². The van der Waals surface area contributed by atoms with Gasteiger partial charge in [-0.15, -0.1) is 0 Å². The summed E-state index contributed by atoms with van der Waals surface area (Å²) in [4.78, 5) is 14.3. The van der Waals surface area contributed by atoms with Crippen LogP contribution in [0.15, 0.2) is 0 Å². The summed E-state index contributed by atoms with van der Waals surface area (Å²) < 4.78 is 8.74. The molecule has 0 aromatic rings. The molecule has 0 heterocycles. The molecule has 0 aliphatic heterocycles. The SMILES string of the molecule is O.O=[Si](O)O.[NaH]. The van der Waals surface area contributed by atoms with Crippen LogP contribution in [0.4, 0.5) is 0 Å². The van der Waals surface area contributed by atoms with E-state index in [-0.39, 0.29) is 35.0 Å². The van der Waals surface area contributed by atoms with Crippen LogP contribution in [-0.4, -0.2) is 53.8 Å². The molecule has 4 nitrogen and oxygen atoms in total. The van der Waals surface area contributed by atoms with Crippen molar-refractivity contribution in [2.75, 3.05) is 0 Å². The van der Waals surface area contributed by atoms with E-state index in [0.717, 1.165) is 0 Å². The fraction of sp³-hybridized carbons (Fsp3) is 0. The van der Waals surface area contributed by atoms with Gasteiger partial charge in [0.1, 0.15) is 0 Å². The molecule has 6 heteroatoms. The summed E-state index contributed by atoms with van der Waals surface area (Å²) in [6.45, 7) is 0. The number of rotatable bonds is 0. The third-order valence-corrected chi connectivity index (χ3v) is 0. The molecule has 0 radical (unpaired) electrons. The summed E-state index contributed by atoms with van der Waals surface area (Å²) in [5.41, 5.74) is 0. The Kier molecular flexibility index (Phi) is 24.3. The molecule has 0 spiro atoms. The Labute approximate surface area is 58.3 Å². The van der Waals surface area contributed by atoms with Crippen LogP contribution in [0.5, 0.6) is 0 Å². The van der Waals surface area contributed by atoms with Gasteiger partial charge in [-0.25, -0.2) is 0 Å². The predicted octanol–water partition coefficient (Wildman–Crippen LogP) is -3.09. The molecule has 0 unspecified atom stereocenters. The monoisotopic (exact) mass is 120 g/mol. The molecule has 0 atom stereocenters. The maximum atomic E-state index is 8.74. The molecular weight excluding hydrogens is 115 g/mol. The van der Waals surface area contributed by atoms with Gasteiger partial charge in [0.2, 0.25) is 0 Å². The summed E-state index contributed by atoms with van der Waals surface area (Å²) in [5, 5.41) is 0. The molecular formula is H5NaO4Si. The Morgan fingerprint density at radius 1 is 1.33 bits per heavy atom. The van der Waals surface area contributed by atoms with Gasteiger partial charge in [0.05, 0.1) is 0 Å². The Balaban J connectivity index is -0.0000000450. The Morgan fingerprint density at radius 2 is 1.33 bits per heavy atom. The van der Waals surface area contributed by atoms with Crippen LogP contribution in [-0.2, 0) is 4.46 Å². The van der Waals surface area contributed by atoms with Crippen molar-refractivity contribution in [3.63, 3.8) is 0 Å². The zero-order chi connectivity index (χ0) is 3.58. The molecule has 0 aliphatic carbocycles. The molecule has 0 aromatic heterocycles. The zero-order valence-corrected chi connectivity index (χ0v) is 3.30. The summed E-state index contributed by atoms with van der Waals surface area (Å²) in [7, 11) is -3.13. The molecule has 6 heavy (non-hydrogen) atoms. The van der Waals surface area contributed by atoms with Gasteiger partial charge in [0, 0.05) is 0 Å². The fourth-order valence-corrected chi connectivity index (χ4v) is 0. The van der Waals surface area contributed by atoms with Crippen LogP contribution in [0.2, 0.25) is 0 Å². The molecule has 0 saturated heterocycles. The third-order valence-electron chi connectivity index (χ3n) is 0. The average molecular weight is 120 g/mol. The molecule has 34 valence electrons. The van der Waals surface area contributed by atoms with Crippen LogP contribution in [0.3, 0.4) is 0 Å². The van der Waals surface area contributed by atoms with Crippen molar-refractivity contribution >= 4 is 38.7 Å². The molecule has 0 aliphatic rings. The fourth-order valence-electron chi connectivity index (χ4n) is 0. The molecule has 0 saturated carbocycles. The molecule has 0 aromatic carbocycles. The average Bonchev–Trinajstić information content (AvgIpc) is 0.811. The minimum atomic E-state index is -3.13.